The number of benzene rings is 1. The van der Waals surface area contributed by atoms with Crippen LogP contribution in [-0.2, 0) is 11.2 Å². The Hall–Kier alpha value is -1.56. The number of carbonyl (C=O) groups is 1. The van der Waals surface area contributed by atoms with Crippen molar-refractivity contribution in [2.75, 3.05) is 6.54 Å². The van der Waals surface area contributed by atoms with E-state index in [-0.39, 0.29) is 30.5 Å². The molecule has 19 heavy (non-hydrogen) atoms. The zero-order valence-corrected chi connectivity index (χ0v) is 10.3. The zero-order chi connectivity index (χ0) is 14.0. The van der Waals surface area contributed by atoms with E-state index in [1.165, 1.54) is 0 Å². The topological polar surface area (TPSA) is 55.1 Å². The molecule has 3 N–H and O–H groups in total. The maximum absolute atomic E-state index is 13.1. The van der Waals surface area contributed by atoms with E-state index in [9.17, 15) is 18.0 Å². The molecule has 1 atom stereocenters. The van der Waals surface area contributed by atoms with Gasteiger partial charge in [-0.05, 0) is 37.0 Å². The Bertz CT molecular complexity index is 466. The molecule has 6 heteroatoms. The van der Waals surface area contributed by atoms with Gasteiger partial charge < -0.3 is 11.1 Å². The Kier molecular flexibility index (Phi) is 4.09. The minimum Gasteiger partial charge on any atom is -0.353 e. The molecular weight excluding hydrogens is 257 g/mol. The summed E-state index contributed by atoms with van der Waals surface area (Å²) in [6.07, 6.45) is 1.98. The summed E-state index contributed by atoms with van der Waals surface area (Å²) in [5.41, 5.74) is 5.72. The fourth-order valence-corrected chi connectivity index (χ4v) is 1.84. The van der Waals surface area contributed by atoms with Crippen molar-refractivity contribution in [3.63, 3.8) is 0 Å². The summed E-state index contributed by atoms with van der Waals surface area (Å²) < 4.78 is 39.0. The van der Waals surface area contributed by atoms with E-state index in [2.05, 4.69) is 5.32 Å². The Labute approximate surface area is 109 Å². The summed E-state index contributed by atoms with van der Waals surface area (Å²) in [6.45, 7) is 0.0686. The third kappa shape index (κ3) is 3.47. The van der Waals surface area contributed by atoms with Gasteiger partial charge in [-0.3, -0.25) is 4.79 Å². The van der Waals surface area contributed by atoms with Crippen LogP contribution in [0.2, 0.25) is 0 Å². The largest absolute Gasteiger partial charge is 0.353 e. The van der Waals surface area contributed by atoms with Gasteiger partial charge in [0.15, 0.2) is 17.5 Å². The second kappa shape index (κ2) is 5.61. The van der Waals surface area contributed by atoms with Gasteiger partial charge in [0.05, 0.1) is 5.92 Å². The molecule has 0 aliphatic heterocycles. The smallest absolute Gasteiger partial charge is 0.224 e. The van der Waals surface area contributed by atoms with Gasteiger partial charge in [-0.1, -0.05) is 0 Å². The molecule has 1 aliphatic rings. The van der Waals surface area contributed by atoms with E-state index < -0.39 is 23.4 Å². The van der Waals surface area contributed by atoms with Gasteiger partial charge in [-0.2, -0.15) is 0 Å². The Morgan fingerprint density at radius 1 is 1.32 bits per heavy atom. The highest BCUT2D eigenvalue weighted by Gasteiger charge is 2.27. The fraction of sp³-hybridized carbons (Fsp3) is 0.462. The van der Waals surface area contributed by atoms with E-state index in [4.69, 9.17) is 5.73 Å². The first kappa shape index (κ1) is 13.9. The number of carbonyl (C=O) groups excluding carboxylic acids is 1. The van der Waals surface area contributed by atoms with E-state index in [0.717, 1.165) is 25.0 Å². The number of rotatable bonds is 5. The van der Waals surface area contributed by atoms with Crippen LogP contribution in [-0.4, -0.2) is 18.5 Å². The predicted molar refractivity (Wildman–Crippen MR) is 63.7 cm³/mol. The number of hydrogen-bond acceptors (Lipinski definition) is 2. The average molecular weight is 272 g/mol. The molecule has 0 bridgehead atoms. The number of nitrogens with one attached hydrogen (secondary N) is 1. The summed E-state index contributed by atoms with van der Waals surface area (Å²) >= 11 is 0. The van der Waals surface area contributed by atoms with Crippen molar-refractivity contribution in [2.24, 2.45) is 11.7 Å². The van der Waals surface area contributed by atoms with E-state index in [1.807, 2.05) is 0 Å². The number of nitrogens with two attached hydrogens (primary N) is 1. The molecule has 0 aromatic heterocycles. The van der Waals surface area contributed by atoms with Crippen LogP contribution in [0, 0.1) is 23.4 Å². The molecule has 0 heterocycles. The lowest BCUT2D eigenvalue weighted by Gasteiger charge is -2.15. The van der Waals surface area contributed by atoms with Gasteiger partial charge in [-0.25, -0.2) is 13.2 Å². The summed E-state index contributed by atoms with van der Waals surface area (Å²) in [4.78, 5) is 11.8. The first-order valence-electron chi connectivity index (χ1n) is 6.15. The highest BCUT2D eigenvalue weighted by atomic mass is 19.2. The number of hydrogen-bond donors (Lipinski definition) is 2. The predicted octanol–water partition coefficient (Wildman–Crippen LogP) is 1.50. The zero-order valence-electron chi connectivity index (χ0n) is 10.3. The van der Waals surface area contributed by atoms with Crippen LogP contribution in [0.5, 0.6) is 0 Å². The van der Waals surface area contributed by atoms with Crippen LogP contribution in [0.15, 0.2) is 12.1 Å². The molecule has 3 nitrogen and oxygen atoms in total. The van der Waals surface area contributed by atoms with Crippen LogP contribution in [0.25, 0.3) is 0 Å². The van der Waals surface area contributed by atoms with Gasteiger partial charge in [0.1, 0.15) is 0 Å². The van der Waals surface area contributed by atoms with E-state index in [1.54, 1.807) is 0 Å². The lowest BCUT2D eigenvalue weighted by molar-refractivity contribution is -0.124. The third-order valence-electron chi connectivity index (χ3n) is 3.10. The minimum absolute atomic E-state index is 0.0686. The summed E-state index contributed by atoms with van der Waals surface area (Å²) in [5, 5.41) is 2.79. The molecule has 104 valence electrons. The summed E-state index contributed by atoms with van der Waals surface area (Å²) in [6, 6.07) is 1.99. The highest BCUT2D eigenvalue weighted by molar-refractivity contribution is 5.79. The van der Waals surface area contributed by atoms with Gasteiger partial charge in [0.2, 0.25) is 5.91 Å². The molecule has 0 radical (unpaired) electrons. The molecule has 0 saturated heterocycles. The van der Waals surface area contributed by atoms with Crippen molar-refractivity contribution in [1.29, 1.82) is 0 Å². The second-order valence-electron chi connectivity index (χ2n) is 4.79. The van der Waals surface area contributed by atoms with Crippen molar-refractivity contribution < 1.29 is 18.0 Å². The first-order valence-corrected chi connectivity index (χ1v) is 6.15. The lowest BCUT2D eigenvalue weighted by atomic mass is 9.98. The average Bonchev–Trinajstić information content (AvgIpc) is 3.16. The number of amides is 1. The van der Waals surface area contributed by atoms with Gasteiger partial charge in [-0.15, -0.1) is 0 Å². The standard InChI is InChI=1S/C13H15F3N2O/c14-10-4-7(5-11(15)12(10)16)3-8(6-17)13(19)18-9-1-2-9/h4-5,8-9H,1-3,6,17H2,(H,18,19). The van der Waals surface area contributed by atoms with Gasteiger partial charge in [0.25, 0.3) is 0 Å². The molecular formula is C13H15F3N2O. The maximum atomic E-state index is 13.1. The Morgan fingerprint density at radius 3 is 2.37 bits per heavy atom. The molecule has 1 aromatic rings. The SMILES string of the molecule is NCC(Cc1cc(F)c(F)c(F)c1)C(=O)NC1CC1. The molecule has 1 fully saturated rings. The Balaban J connectivity index is 2.06. The second-order valence-corrected chi connectivity index (χ2v) is 4.79. The van der Waals surface area contributed by atoms with Crippen LogP contribution in [0.4, 0.5) is 13.2 Å². The van der Waals surface area contributed by atoms with Crippen molar-refractivity contribution >= 4 is 5.91 Å². The van der Waals surface area contributed by atoms with Crippen LogP contribution < -0.4 is 11.1 Å². The van der Waals surface area contributed by atoms with E-state index in [0.29, 0.717) is 0 Å². The molecule has 0 spiro atoms. The molecule has 1 aromatic carbocycles. The monoisotopic (exact) mass is 272 g/mol. The maximum Gasteiger partial charge on any atom is 0.224 e. The summed E-state index contributed by atoms with van der Waals surface area (Å²) in [7, 11) is 0. The molecule has 1 amide bonds. The van der Waals surface area contributed by atoms with Gasteiger partial charge >= 0.3 is 0 Å². The van der Waals surface area contributed by atoms with Crippen molar-refractivity contribution in [2.45, 2.75) is 25.3 Å². The van der Waals surface area contributed by atoms with Gasteiger partial charge in [0, 0.05) is 12.6 Å². The van der Waals surface area contributed by atoms with Crippen LogP contribution in [0.1, 0.15) is 18.4 Å². The minimum atomic E-state index is -1.50. The molecule has 1 aliphatic carbocycles. The Morgan fingerprint density at radius 2 is 1.89 bits per heavy atom. The number of halogens is 3. The van der Waals surface area contributed by atoms with Crippen molar-refractivity contribution in [3.8, 4) is 0 Å². The summed E-state index contributed by atoms with van der Waals surface area (Å²) in [5.74, 6) is -4.81. The third-order valence-corrected chi connectivity index (χ3v) is 3.10. The normalized spacial score (nSPS) is 16.2. The highest BCUT2D eigenvalue weighted by Crippen LogP contribution is 2.20. The molecule has 2 rings (SSSR count). The molecule has 1 unspecified atom stereocenters. The lowest BCUT2D eigenvalue weighted by Crippen LogP contribution is -2.37. The van der Waals surface area contributed by atoms with Crippen molar-refractivity contribution in [1.82, 2.24) is 5.32 Å². The van der Waals surface area contributed by atoms with E-state index >= 15 is 0 Å². The van der Waals surface area contributed by atoms with Crippen molar-refractivity contribution in [3.05, 3.63) is 35.1 Å². The quantitative estimate of drug-likeness (QED) is 0.798. The molecule has 1 saturated carbocycles. The first-order chi connectivity index (χ1) is 9.01. The van der Waals surface area contributed by atoms with Crippen LogP contribution >= 0.6 is 0 Å². The fourth-order valence-electron chi connectivity index (χ4n) is 1.84. The van der Waals surface area contributed by atoms with Crippen LogP contribution in [0.3, 0.4) is 0 Å².